The minimum Gasteiger partial charge on any atom is -0.476 e. The second-order valence-electron chi connectivity index (χ2n) is 6.35. The van der Waals surface area contributed by atoms with E-state index in [4.69, 9.17) is 9.15 Å². The van der Waals surface area contributed by atoms with E-state index in [2.05, 4.69) is 11.1 Å². The van der Waals surface area contributed by atoms with E-state index in [0.717, 1.165) is 18.5 Å². The van der Waals surface area contributed by atoms with Crippen molar-refractivity contribution in [1.82, 2.24) is 9.88 Å². The molecule has 0 radical (unpaired) electrons. The van der Waals surface area contributed by atoms with Gasteiger partial charge in [0.1, 0.15) is 5.76 Å². The third-order valence-corrected chi connectivity index (χ3v) is 4.60. The maximum Gasteiger partial charge on any atom is 0.260 e. The summed E-state index contributed by atoms with van der Waals surface area (Å²) < 4.78 is 10.5. The van der Waals surface area contributed by atoms with Gasteiger partial charge in [-0.1, -0.05) is 6.07 Å². The van der Waals surface area contributed by atoms with Crippen LogP contribution in [-0.2, 0) is 4.79 Å². The molecule has 0 atom stereocenters. The van der Waals surface area contributed by atoms with Gasteiger partial charge >= 0.3 is 0 Å². The Balaban J connectivity index is 1.53. The minimum atomic E-state index is -0.276. The summed E-state index contributed by atoms with van der Waals surface area (Å²) in [6, 6.07) is 5.42. The smallest absolute Gasteiger partial charge is 0.260 e. The number of rotatable bonds is 4. The van der Waals surface area contributed by atoms with Crippen molar-refractivity contribution < 1.29 is 13.9 Å². The molecule has 0 unspecified atom stereocenters. The molecule has 1 aliphatic rings. The second kappa shape index (κ2) is 7.51. The number of hydrogen-bond donors (Lipinski definition) is 0. The average Bonchev–Trinajstić information content (AvgIpc) is 2.62. The fourth-order valence-electron chi connectivity index (χ4n) is 3.08. The van der Waals surface area contributed by atoms with Crippen LogP contribution in [0.4, 0.5) is 0 Å². The van der Waals surface area contributed by atoms with E-state index in [0.29, 0.717) is 24.8 Å². The van der Waals surface area contributed by atoms with Crippen molar-refractivity contribution in [2.75, 3.05) is 19.7 Å². The van der Waals surface area contributed by atoms with Crippen molar-refractivity contribution in [2.45, 2.75) is 32.6 Å². The number of nitrogens with zero attached hydrogens (tertiary/aromatic N) is 2. The zero-order valence-corrected chi connectivity index (χ0v) is 14.5. The number of ether oxygens (including phenoxy) is 1. The molecule has 25 heavy (non-hydrogen) atoms. The predicted molar refractivity (Wildman–Crippen MR) is 92.7 cm³/mol. The molecule has 3 rings (SSSR count). The molecule has 1 saturated heterocycles. The normalized spacial score (nSPS) is 15.2. The van der Waals surface area contributed by atoms with Crippen molar-refractivity contribution in [3.63, 3.8) is 0 Å². The van der Waals surface area contributed by atoms with Gasteiger partial charge in [-0.15, -0.1) is 0 Å². The number of aromatic nitrogens is 1. The highest BCUT2D eigenvalue weighted by atomic mass is 16.5. The summed E-state index contributed by atoms with van der Waals surface area (Å²) >= 11 is 0. The summed E-state index contributed by atoms with van der Waals surface area (Å²) in [5, 5.41) is 0. The van der Waals surface area contributed by atoms with Crippen LogP contribution in [0.5, 0.6) is 5.75 Å². The molecule has 132 valence electrons. The Hall–Kier alpha value is -2.63. The van der Waals surface area contributed by atoms with Gasteiger partial charge in [-0.3, -0.25) is 14.6 Å². The largest absolute Gasteiger partial charge is 0.476 e. The van der Waals surface area contributed by atoms with Gasteiger partial charge in [0.15, 0.2) is 6.61 Å². The van der Waals surface area contributed by atoms with Crippen molar-refractivity contribution in [2.24, 2.45) is 0 Å². The lowest BCUT2D eigenvalue weighted by atomic mass is 9.90. The fraction of sp³-hybridized carbons (Fsp3) is 0.421. The number of aryl methyl sites for hydroxylation is 2. The topological polar surface area (TPSA) is 72.6 Å². The van der Waals surface area contributed by atoms with Crippen LogP contribution >= 0.6 is 0 Å². The van der Waals surface area contributed by atoms with Gasteiger partial charge < -0.3 is 14.1 Å². The number of hydrogen-bond acceptors (Lipinski definition) is 5. The van der Waals surface area contributed by atoms with E-state index >= 15 is 0 Å². The number of likely N-dealkylation sites (tertiary alicyclic amines) is 1. The molecule has 0 aromatic carbocycles. The van der Waals surface area contributed by atoms with Crippen LogP contribution in [0.15, 0.2) is 39.9 Å². The van der Waals surface area contributed by atoms with E-state index in [1.54, 1.807) is 11.8 Å². The monoisotopic (exact) mass is 342 g/mol. The highest BCUT2D eigenvalue weighted by molar-refractivity contribution is 5.77. The molecule has 0 spiro atoms. The maximum absolute atomic E-state index is 12.3. The molecule has 1 amide bonds. The van der Waals surface area contributed by atoms with Crippen LogP contribution < -0.4 is 10.2 Å². The van der Waals surface area contributed by atoms with Gasteiger partial charge in [-0.2, -0.15) is 0 Å². The number of piperidine rings is 1. The Bertz CT molecular complexity index is 790. The van der Waals surface area contributed by atoms with Gasteiger partial charge in [0.2, 0.25) is 11.2 Å². The van der Waals surface area contributed by atoms with E-state index in [9.17, 15) is 9.59 Å². The Kier molecular flexibility index (Phi) is 5.16. The van der Waals surface area contributed by atoms with Crippen molar-refractivity contribution in [3.05, 3.63) is 57.9 Å². The second-order valence-corrected chi connectivity index (χ2v) is 6.35. The molecule has 6 nitrogen and oxygen atoms in total. The van der Waals surface area contributed by atoms with Gasteiger partial charge in [-0.25, -0.2) is 0 Å². The van der Waals surface area contributed by atoms with Gasteiger partial charge in [0.05, 0.1) is 6.26 Å². The molecule has 0 aliphatic carbocycles. The molecule has 3 heterocycles. The average molecular weight is 342 g/mol. The standard InChI is InChI=1S/C19H22N2O4/c1-13-3-4-16(11-20-13)15-5-8-21(9-6-15)18(23)12-25-19-14(2)24-10-7-17(19)22/h3-4,7,10-11,15H,5-6,8-9,12H2,1-2H3. The van der Waals surface area contributed by atoms with Crippen LogP contribution in [0.2, 0.25) is 0 Å². The molecule has 2 aromatic rings. The quantitative estimate of drug-likeness (QED) is 0.853. The Labute approximate surface area is 146 Å². The number of carbonyl (C=O) groups is 1. The Morgan fingerprint density at radius 3 is 2.68 bits per heavy atom. The van der Waals surface area contributed by atoms with Gasteiger partial charge in [0, 0.05) is 31.0 Å². The minimum absolute atomic E-state index is 0.108. The lowest BCUT2D eigenvalue weighted by Crippen LogP contribution is -2.40. The third-order valence-electron chi connectivity index (χ3n) is 4.60. The summed E-state index contributed by atoms with van der Waals surface area (Å²) in [6.45, 7) is 4.83. The van der Waals surface area contributed by atoms with Crippen molar-refractivity contribution in [1.29, 1.82) is 0 Å². The SMILES string of the molecule is Cc1ccc(C2CCN(C(=O)COc3c(C)occc3=O)CC2)cn1. The van der Waals surface area contributed by atoms with E-state index in [-0.39, 0.29) is 23.7 Å². The Morgan fingerprint density at radius 1 is 1.28 bits per heavy atom. The highest BCUT2D eigenvalue weighted by Gasteiger charge is 2.24. The number of amides is 1. The summed E-state index contributed by atoms with van der Waals surface area (Å²) in [5.74, 6) is 0.812. The lowest BCUT2D eigenvalue weighted by Gasteiger charge is -2.32. The molecule has 2 aromatic heterocycles. The number of carbonyl (C=O) groups excluding carboxylic acids is 1. The molecular weight excluding hydrogens is 320 g/mol. The molecule has 1 fully saturated rings. The van der Waals surface area contributed by atoms with Crippen LogP contribution in [0.1, 0.15) is 35.8 Å². The summed E-state index contributed by atoms with van der Waals surface area (Å²) in [4.78, 5) is 30.2. The van der Waals surface area contributed by atoms with Crippen LogP contribution in [0.25, 0.3) is 0 Å². The summed E-state index contributed by atoms with van der Waals surface area (Å²) in [7, 11) is 0. The van der Waals surface area contributed by atoms with E-state index in [1.807, 2.05) is 19.2 Å². The third kappa shape index (κ3) is 4.07. The Morgan fingerprint density at radius 2 is 2.04 bits per heavy atom. The first-order valence-electron chi connectivity index (χ1n) is 8.46. The van der Waals surface area contributed by atoms with Gasteiger partial charge in [-0.05, 0) is 44.2 Å². The predicted octanol–water partition coefficient (Wildman–Crippen LogP) is 2.44. The van der Waals surface area contributed by atoms with Gasteiger partial charge in [0.25, 0.3) is 5.91 Å². The van der Waals surface area contributed by atoms with E-state index < -0.39 is 0 Å². The van der Waals surface area contributed by atoms with Crippen LogP contribution in [-0.4, -0.2) is 35.5 Å². The first-order chi connectivity index (χ1) is 12.0. The van der Waals surface area contributed by atoms with Crippen LogP contribution in [0, 0.1) is 13.8 Å². The maximum atomic E-state index is 12.3. The van der Waals surface area contributed by atoms with Crippen molar-refractivity contribution in [3.8, 4) is 5.75 Å². The zero-order chi connectivity index (χ0) is 17.8. The number of pyridine rings is 1. The van der Waals surface area contributed by atoms with E-state index in [1.165, 1.54) is 17.9 Å². The molecular formula is C19H22N2O4. The van der Waals surface area contributed by atoms with Crippen LogP contribution in [0.3, 0.4) is 0 Å². The summed E-state index contributed by atoms with van der Waals surface area (Å²) in [5.41, 5.74) is 1.96. The molecule has 0 N–H and O–H groups in total. The summed E-state index contributed by atoms with van der Waals surface area (Å²) in [6.07, 6.45) is 5.06. The molecule has 0 bridgehead atoms. The first kappa shape index (κ1) is 17.2. The fourth-order valence-corrected chi connectivity index (χ4v) is 3.08. The first-order valence-corrected chi connectivity index (χ1v) is 8.46. The lowest BCUT2D eigenvalue weighted by molar-refractivity contribution is -0.134. The molecule has 0 saturated carbocycles. The van der Waals surface area contributed by atoms with Crippen molar-refractivity contribution >= 4 is 5.91 Å². The molecule has 6 heteroatoms. The zero-order valence-electron chi connectivity index (χ0n) is 14.5. The molecule has 1 aliphatic heterocycles. The highest BCUT2D eigenvalue weighted by Crippen LogP contribution is 2.27.